The predicted molar refractivity (Wildman–Crippen MR) is 88.1 cm³/mol. The van der Waals surface area contributed by atoms with Crippen molar-refractivity contribution in [3.8, 4) is 0 Å². The molecule has 2 heterocycles. The largest absolute Gasteiger partial charge is 0.396 e. The first-order chi connectivity index (χ1) is 10.6. The number of hydrogen-bond acceptors (Lipinski definition) is 4. The number of carbonyl (C=O) groups is 1. The van der Waals surface area contributed by atoms with E-state index in [0.29, 0.717) is 12.2 Å². The Kier molecular flexibility index (Phi) is 6.15. The summed E-state index contributed by atoms with van der Waals surface area (Å²) in [6, 6.07) is 5.89. The fraction of sp³-hybridized carbons (Fsp3) is 0.500. The Balaban J connectivity index is 1.90. The van der Waals surface area contributed by atoms with Gasteiger partial charge in [0, 0.05) is 31.0 Å². The van der Waals surface area contributed by atoms with E-state index in [4.69, 9.17) is 0 Å². The Bertz CT molecular complexity index is 593. The van der Waals surface area contributed by atoms with Gasteiger partial charge in [-0.25, -0.2) is 0 Å². The van der Waals surface area contributed by atoms with Crippen LogP contribution in [0.5, 0.6) is 0 Å². The van der Waals surface area contributed by atoms with Gasteiger partial charge in [0.15, 0.2) is 0 Å². The second kappa shape index (κ2) is 8.10. The summed E-state index contributed by atoms with van der Waals surface area (Å²) in [4.78, 5) is 13.5. The van der Waals surface area contributed by atoms with Crippen LogP contribution in [0.3, 0.4) is 0 Å². The van der Waals surface area contributed by atoms with Gasteiger partial charge in [-0.15, -0.1) is 11.3 Å². The molecule has 22 heavy (non-hydrogen) atoms. The van der Waals surface area contributed by atoms with E-state index in [0.717, 1.165) is 25.0 Å². The van der Waals surface area contributed by atoms with Crippen molar-refractivity contribution in [3.63, 3.8) is 0 Å². The minimum absolute atomic E-state index is 0.0333. The molecule has 0 unspecified atom stereocenters. The molecule has 0 aromatic carbocycles. The number of nitrogens with one attached hydrogen (secondary N) is 1. The third-order valence-electron chi connectivity index (χ3n) is 3.55. The molecule has 6 heteroatoms. The summed E-state index contributed by atoms with van der Waals surface area (Å²) in [6.45, 7) is 2.61. The van der Waals surface area contributed by atoms with Gasteiger partial charge in [-0.2, -0.15) is 5.10 Å². The van der Waals surface area contributed by atoms with Crippen molar-refractivity contribution in [3.05, 3.63) is 39.8 Å². The zero-order chi connectivity index (χ0) is 15.9. The van der Waals surface area contributed by atoms with E-state index >= 15 is 0 Å². The van der Waals surface area contributed by atoms with Gasteiger partial charge in [0.1, 0.15) is 5.69 Å². The Labute approximate surface area is 135 Å². The van der Waals surface area contributed by atoms with Crippen LogP contribution in [0.2, 0.25) is 0 Å². The van der Waals surface area contributed by atoms with Crippen molar-refractivity contribution in [1.29, 1.82) is 0 Å². The molecule has 2 aromatic rings. The summed E-state index contributed by atoms with van der Waals surface area (Å²) in [5.74, 6) is -0.104. The molecule has 120 valence electrons. The van der Waals surface area contributed by atoms with Gasteiger partial charge in [0.2, 0.25) is 0 Å². The molecule has 0 aliphatic heterocycles. The van der Waals surface area contributed by atoms with Crippen LogP contribution in [0.25, 0.3) is 0 Å². The number of aliphatic hydroxyl groups is 1. The van der Waals surface area contributed by atoms with E-state index in [9.17, 15) is 9.90 Å². The molecule has 0 aliphatic carbocycles. The van der Waals surface area contributed by atoms with Gasteiger partial charge >= 0.3 is 0 Å². The van der Waals surface area contributed by atoms with Crippen LogP contribution in [-0.2, 0) is 19.9 Å². The van der Waals surface area contributed by atoms with Crippen LogP contribution in [-0.4, -0.2) is 33.9 Å². The molecule has 1 atom stereocenters. The lowest BCUT2D eigenvalue weighted by Gasteiger charge is -2.14. The SMILES string of the molecule is CCCc1cc(C(=O)NC[C@@H](CO)Cc2cccs2)n(C)n1. The number of thiophene rings is 1. The highest BCUT2D eigenvalue weighted by Crippen LogP contribution is 2.14. The average molecular weight is 321 g/mol. The molecule has 0 fully saturated rings. The molecular formula is C16H23N3O2S. The number of aliphatic hydroxyl groups excluding tert-OH is 1. The summed E-state index contributed by atoms with van der Waals surface area (Å²) in [5, 5.41) is 18.7. The van der Waals surface area contributed by atoms with Crippen LogP contribution in [0, 0.1) is 5.92 Å². The molecule has 0 saturated carbocycles. The van der Waals surface area contributed by atoms with Gasteiger partial charge in [-0.1, -0.05) is 19.4 Å². The summed E-state index contributed by atoms with van der Waals surface area (Å²) in [7, 11) is 1.78. The van der Waals surface area contributed by atoms with E-state index in [-0.39, 0.29) is 18.4 Å². The summed E-state index contributed by atoms with van der Waals surface area (Å²) in [6.07, 6.45) is 2.66. The summed E-state index contributed by atoms with van der Waals surface area (Å²) < 4.78 is 1.62. The first kappa shape index (κ1) is 16.7. The molecule has 5 nitrogen and oxygen atoms in total. The van der Waals surface area contributed by atoms with E-state index in [1.165, 1.54) is 4.88 Å². The molecular weight excluding hydrogens is 298 g/mol. The fourth-order valence-electron chi connectivity index (χ4n) is 2.36. The minimum atomic E-state index is -0.137. The van der Waals surface area contributed by atoms with Gasteiger partial charge in [-0.3, -0.25) is 9.48 Å². The zero-order valence-corrected chi connectivity index (χ0v) is 13.9. The standard InChI is InChI=1S/C16H23N3O2S/c1-3-5-13-9-15(19(2)18-13)16(21)17-10-12(11-20)8-14-6-4-7-22-14/h4,6-7,9,12,20H,3,5,8,10-11H2,1-2H3,(H,17,21)/t12-/m0/s1. The average Bonchev–Trinajstić information content (AvgIpc) is 3.13. The maximum atomic E-state index is 12.3. The van der Waals surface area contributed by atoms with E-state index in [2.05, 4.69) is 17.3 Å². The highest BCUT2D eigenvalue weighted by atomic mass is 32.1. The van der Waals surface area contributed by atoms with Crippen LogP contribution in [0.4, 0.5) is 0 Å². The minimum Gasteiger partial charge on any atom is -0.396 e. The lowest BCUT2D eigenvalue weighted by Crippen LogP contribution is -2.32. The highest BCUT2D eigenvalue weighted by Gasteiger charge is 2.15. The Morgan fingerprint density at radius 3 is 3.00 bits per heavy atom. The number of aromatic nitrogens is 2. The molecule has 2 N–H and O–H groups in total. The summed E-state index contributed by atoms with van der Waals surface area (Å²) in [5.41, 5.74) is 1.50. The topological polar surface area (TPSA) is 67.2 Å². The van der Waals surface area contributed by atoms with Gasteiger partial charge in [0.05, 0.1) is 5.69 Å². The predicted octanol–water partition coefficient (Wildman–Crippen LogP) is 2.02. The van der Waals surface area contributed by atoms with Crippen LogP contribution >= 0.6 is 11.3 Å². The molecule has 0 radical (unpaired) electrons. The third kappa shape index (κ3) is 4.42. The number of aryl methyl sites for hydroxylation is 2. The molecule has 2 rings (SSSR count). The molecule has 0 saturated heterocycles. The maximum absolute atomic E-state index is 12.3. The van der Waals surface area contributed by atoms with E-state index < -0.39 is 0 Å². The monoisotopic (exact) mass is 321 g/mol. The molecule has 0 spiro atoms. The zero-order valence-electron chi connectivity index (χ0n) is 13.1. The number of amides is 1. The van der Waals surface area contributed by atoms with Crippen molar-refractivity contribution < 1.29 is 9.90 Å². The number of hydrogen-bond donors (Lipinski definition) is 2. The van der Waals surface area contributed by atoms with Gasteiger partial charge in [0.25, 0.3) is 5.91 Å². The Hall–Kier alpha value is -1.66. The fourth-order valence-corrected chi connectivity index (χ4v) is 3.18. The smallest absolute Gasteiger partial charge is 0.269 e. The van der Waals surface area contributed by atoms with Crippen molar-refractivity contribution >= 4 is 17.2 Å². The first-order valence-corrected chi connectivity index (χ1v) is 8.46. The molecule has 0 bridgehead atoms. The van der Waals surface area contributed by atoms with Crippen molar-refractivity contribution in [2.75, 3.05) is 13.2 Å². The first-order valence-electron chi connectivity index (χ1n) is 7.58. The number of rotatable bonds is 8. The number of carbonyl (C=O) groups excluding carboxylic acids is 1. The Morgan fingerprint density at radius 2 is 2.36 bits per heavy atom. The lowest BCUT2D eigenvalue weighted by molar-refractivity contribution is 0.0930. The van der Waals surface area contributed by atoms with Crippen molar-refractivity contribution in [2.45, 2.75) is 26.2 Å². The third-order valence-corrected chi connectivity index (χ3v) is 4.45. The van der Waals surface area contributed by atoms with Gasteiger partial charge < -0.3 is 10.4 Å². The lowest BCUT2D eigenvalue weighted by atomic mass is 10.1. The van der Waals surface area contributed by atoms with Crippen LogP contribution < -0.4 is 5.32 Å². The molecule has 2 aromatic heterocycles. The second-order valence-corrected chi connectivity index (χ2v) is 6.47. The van der Waals surface area contributed by atoms with E-state index in [1.54, 1.807) is 23.1 Å². The number of nitrogens with zero attached hydrogens (tertiary/aromatic N) is 2. The van der Waals surface area contributed by atoms with Crippen LogP contribution in [0.15, 0.2) is 23.6 Å². The molecule has 1 amide bonds. The maximum Gasteiger partial charge on any atom is 0.269 e. The normalized spacial score (nSPS) is 12.3. The quantitative estimate of drug-likeness (QED) is 0.781. The second-order valence-electron chi connectivity index (χ2n) is 5.44. The van der Waals surface area contributed by atoms with Gasteiger partial charge in [-0.05, 0) is 30.4 Å². The van der Waals surface area contributed by atoms with Crippen molar-refractivity contribution in [2.24, 2.45) is 13.0 Å². The van der Waals surface area contributed by atoms with E-state index in [1.807, 2.05) is 23.6 Å². The molecule has 0 aliphatic rings. The Morgan fingerprint density at radius 1 is 1.55 bits per heavy atom. The van der Waals surface area contributed by atoms with Crippen LogP contribution in [0.1, 0.15) is 34.4 Å². The highest BCUT2D eigenvalue weighted by molar-refractivity contribution is 7.09. The van der Waals surface area contributed by atoms with Crippen molar-refractivity contribution in [1.82, 2.24) is 15.1 Å². The summed E-state index contributed by atoms with van der Waals surface area (Å²) >= 11 is 1.67.